The molecule has 3 heterocycles. The molecular weight excluding hydrogens is 500 g/mol. The molecular formula is C30H24N2O5S. The Kier molecular flexibility index (Phi) is 6.17. The molecule has 2 aliphatic rings. The van der Waals surface area contributed by atoms with E-state index >= 15 is 0 Å². The number of aliphatic hydroxyl groups is 1. The summed E-state index contributed by atoms with van der Waals surface area (Å²) in [6, 6.07) is 21.5. The predicted octanol–water partition coefficient (Wildman–Crippen LogP) is 5.67. The van der Waals surface area contributed by atoms with Crippen LogP contribution in [-0.2, 0) is 22.6 Å². The average molecular weight is 525 g/mol. The molecule has 0 bridgehead atoms. The fourth-order valence-electron chi connectivity index (χ4n) is 4.92. The second kappa shape index (κ2) is 9.79. The molecule has 6 rings (SSSR count). The fraction of sp³-hybridized carbons (Fsp3) is 0.167. The summed E-state index contributed by atoms with van der Waals surface area (Å²) < 4.78 is 11.8. The first-order chi connectivity index (χ1) is 18.5. The number of anilines is 1. The number of aromatic nitrogens is 1. The van der Waals surface area contributed by atoms with Crippen molar-refractivity contribution in [3.63, 3.8) is 0 Å². The number of amides is 1. The van der Waals surface area contributed by atoms with Crippen molar-refractivity contribution >= 4 is 33.9 Å². The van der Waals surface area contributed by atoms with Gasteiger partial charge in [0.15, 0.2) is 5.13 Å². The molecule has 1 amide bonds. The standard InChI is InChI=1S/C30H24N2O5S/c1-18-14-22-15-21(10-11-24(22)37-18)27(33)25-26(32(29(35)28(25)34)30-31-12-13-38-30)20-8-5-9-23(16-20)36-17-19-6-3-2-4-7-19/h2-13,15-16,18,26,33H,14,17H2,1H3/b27-25+/t18-,26-/m1/s1. The quantitative estimate of drug-likeness (QED) is 0.199. The van der Waals surface area contributed by atoms with E-state index in [1.807, 2.05) is 61.5 Å². The number of aliphatic hydroxyl groups excluding tert-OH is 1. The lowest BCUT2D eigenvalue weighted by atomic mass is 9.94. The Morgan fingerprint density at radius 3 is 2.74 bits per heavy atom. The molecule has 3 aromatic carbocycles. The molecule has 0 saturated carbocycles. The van der Waals surface area contributed by atoms with E-state index in [0.717, 1.165) is 16.9 Å². The summed E-state index contributed by atoms with van der Waals surface area (Å²) >= 11 is 1.25. The molecule has 1 N–H and O–H groups in total. The third-order valence-electron chi connectivity index (χ3n) is 6.66. The van der Waals surface area contributed by atoms with E-state index in [1.165, 1.54) is 16.2 Å². The van der Waals surface area contributed by atoms with Crippen molar-refractivity contribution in [3.8, 4) is 11.5 Å². The number of hydrogen-bond acceptors (Lipinski definition) is 7. The lowest BCUT2D eigenvalue weighted by Crippen LogP contribution is -2.29. The van der Waals surface area contributed by atoms with Gasteiger partial charge in [-0.05, 0) is 53.9 Å². The van der Waals surface area contributed by atoms with E-state index in [1.54, 1.807) is 29.8 Å². The summed E-state index contributed by atoms with van der Waals surface area (Å²) in [7, 11) is 0. The van der Waals surface area contributed by atoms with Gasteiger partial charge in [-0.3, -0.25) is 14.5 Å². The Morgan fingerprint density at radius 1 is 1.11 bits per heavy atom. The molecule has 1 fully saturated rings. The zero-order valence-electron chi connectivity index (χ0n) is 20.5. The molecule has 8 heteroatoms. The monoisotopic (exact) mass is 524 g/mol. The van der Waals surface area contributed by atoms with E-state index in [9.17, 15) is 14.7 Å². The van der Waals surface area contributed by atoms with Gasteiger partial charge in [0.05, 0.1) is 11.6 Å². The molecule has 0 radical (unpaired) electrons. The van der Waals surface area contributed by atoms with Crippen LogP contribution in [0.3, 0.4) is 0 Å². The number of thiazole rings is 1. The lowest BCUT2D eigenvalue weighted by molar-refractivity contribution is -0.132. The molecule has 2 atom stereocenters. The van der Waals surface area contributed by atoms with Crippen molar-refractivity contribution in [1.29, 1.82) is 0 Å². The second-order valence-corrected chi connectivity index (χ2v) is 10.2. The minimum absolute atomic E-state index is 0.0114. The molecule has 2 aliphatic heterocycles. The molecule has 1 saturated heterocycles. The summed E-state index contributed by atoms with van der Waals surface area (Å²) in [6.45, 7) is 2.35. The number of carbonyl (C=O) groups excluding carboxylic acids is 2. The van der Waals surface area contributed by atoms with Crippen LogP contribution in [0.1, 0.15) is 35.2 Å². The van der Waals surface area contributed by atoms with Crippen LogP contribution >= 0.6 is 11.3 Å². The smallest absolute Gasteiger partial charge is 0.301 e. The Bertz CT molecular complexity index is 1550. The maximum atomic E-state index is 13.4. The fourth-order valence-corrected chi connectivity index (χ4v) is 5.59. The van der Waals surface area contributed by atoms with Gasteiger partial charge in [-0.15, -0.1) is 11.3 Å². The van der Waals surface area contributed by atoms with Gasteiger partial charge in [0.1, 0.15) is 30.0 Å². The third-order valence-corrected chi connectivity index (χ3v) is 7.43. The van der Waals surface area contributed by atoms with Crippen LogP contribution in [0, 0.1) is 0 Å². The predicted molar refractivity (Wildman–Crippen MR) is 144 cm³/mol. The van der Waals surface area contributed by atoms with Crippen molar-refractivity contribution in [1.82, 2.24) is 4.98 Å². The maximum absolute atomic E-state index is 13.4. The first-order valence-corrected chi connectivity index (χ1v) is 13.1. The summed E-state index contributed by atoms with van der Waals surface area (Å²) in [5.74, 6) is -0.383. The van der Waals surface area contributed by atoms with Gasteiger partial charge in [0.2, 0.25) is 0 Å². The van der Waals surface area contributed by atoms with E-state index in [2.05, 4.69) is 4.98 Å². The number of nitrogens with zero attached hydrogens (tertiary/aromatic N) is 2. The molecule has 4 aromatic rings. The highest BCUT2D eigenvalue weighted by atomic mass is 32.1. The maximum Gasteiger partial charge on any atom is 0.301 e. The number of fused-ring (bicyclic) bond motifs is 1. The van der Waals surface area contributed by atoms with Gasteiger partial charge < -0.3 is 14.6 Å². The zero-order chi connectivity index (χ0) is 26.2. The van der Waals surface area contributed by atoms with Crippen LogP contribution in [0.4, 0.5) is 5.13 Å². The van der Waals surface area contributed by atoms with Gasteiger partial charge in [-0.25, -0.2) is 4.98 Å². The number of ketones is 1. The molecule has 190 valence electrons. The second-order valence-electron chi connectivity index (χ2n) is 9.29. The SMILES string of the molecule is C[C@@H]1Cc2cc(/C(O)=C3\C(=O)C(=O)N(c4nccs4)[C@@H]3c3cccc(OCc4ccccc4)c3)ccc2O1. The summed E-state index contributed by atoms with van der Waals surface area (Å²) in [5.41, 5.74) is 3.06. The van der Waals surface area contributed by atoms with Gasteiger partial charge in [0, 0.05) is 23.6 Å². The van der Waals surface area contributed by atoms with E-state index < -0.39 is 17.7 Å². The first kappa shape index (κ1) is 23.9. The van der Waals surface area contributed by atoms with Gasteiger partial charge in [0.25, 0.3) is 5.78 Å². The molecule has 0 unspecified atom stereocenters. The summed E-state index contributed by atoms with van der Waals surface area (Å²) in [6.07, 6.45) is 2.32. The highest BCUT2D eigenvalue weighted by Gasteiger charge is 2.48. The summed E-state index contributed by atoms with van der Waals surface area (Å²) in [4.78, 5) is 32.4. The number of hydrogen-bond donors (Lipinski definition) is 1. The van der Waals surface area contributed by atoms with Crippen molar-refractivity contribution in [2.75, 3.05) is 4.90 Å². The van der Waals surface area contributed by atoms with Crippen molar-refractivity contribution in [3.05, 3.63) is 112 Å². The Labute approximate surface area is 223 Å². The normalized spacial score (nSPS) is 19.9. The number of benzene rings is 3. The van der Waals surface area contributed by atoms with E-state index in [0.29, 0.717) is 35.0 Å². The zero-order valence-corrected chi connectivity index (χ0v) is 21.4. The Morgan fingerprint density at radius 2 is 1.95 bits per heavy atom. The minimum atomic E-state index is -0.871. The summed E-state index contributed by atoms with van der Waals surface area (Å²) in [5, 5.41) is 13.6. The topological polar surface area (TPSA) is 89.0 Å². The van der Waals surface area contributed by atoms with E-state index in [-0.39, 0.29) is 17.4 Å². The Balaban J connectivity index is 1.42. The van der Waals surface area contributed by atoms with Crippen LogP contribution in [-0.4, -0.2) is 27.9 Å². The van der Waals surface area contributed by atoms with Gasteiger partial charge in [-0.2, -0.15) is 0 Å². The van der Waals surface area contributed by atoms with Crippen LogP contribution in [0.15, 0.2) is 89.9 Å². The minimum Gasteiger partial charge on any atom is -0.507 e. The molecule has 0 spiro atoms. The molecule has 7 nitrogen and oxygen atoms in total. The Hall–Kier alpha value is -4.43. The highest BCUT2D eigenvalue weighted by molar-refractivity contribution is 7.14. The van der Waals surface area contributed by atoms with Crippen molar-refractivity contribution < 1.29 is 24.2 Å². The average Bonchev–Trinajstić information content (AvgIpc) is 3.65. The molecule has 0 aliphatic carbocycles. The largest absolute Gasteiger partial charge is 0.507 e. The van der Waals surface area contributed by atoms with Crippen LogP contribution < -0.4 is 14.4 Å². The van der Waals surface area contributed by atoms with Crippen LogP contribution in [0.25, 0.3) is 5.76 Å². The molecule has 38 heavy (non-hydrogen) atoms. The molecule has 1 aromatic heterocycles. The van der Waals surface area contributed by atoms with Gasteiger partial charge >= 0.3 is 5.91 Å². The number of carbonyl (C=O) groups is 2. The van der Waals surface area contributed by atoms with Crippen molar-refractivity contribution in [2.24, 2.45) is 0 Å². The number of ether oxygens (including phenoxy) is 2. The number of rotatable bonds is 6. The van der Waals surface area contributed by atoms with Crippen LogP contribution in [0.5, 0.6) is 11.5 Å². The highest BCUT2D eigenvalue weighted by Crippen LogP contribution is 2.44. The van der Waals surface area contributed by atoms with Crippen molar-refractivity contribution in [2.45, 2.75) is 32.1 Å². The van der Waals surface area contributed by atoms with Gasteiger partial charge in [-0.1, -0.05) is 42.5 Å². The van der Waals surface area contributed by atoms with E-state index in [4.69, 9.17) is 9.47 Å². The lowest BCUT2D eigenvalue weighted by Gasteiger charge is -2.23. The third kappa shape index (κ3) is 4.33. The first-order valence-electron chi connectivity index (χ1n) is 12.3. The number of Topliss-reactive ketones (excluding diaryl/α,β-unsaturated/α-hetero) is 1. The van der Waals surface area contributed by atoms with Crippen LogP contribution in [0.2, 0.25) is 0 Å².